The van der Waals surface area contributed by atoms with Crippen LogP contribution in [0.5, 0.6) is 0 Å². The minimum atomic E-state index is -4.29. The average molecular weight is 250 g/mol. The van der Waals surface area contributed by atoms with Crippen molar-refractivity contribution in [3.63, 3.8) is 0 Å². The Kier molecular flexibility index (Phi) is 4.95. The van der Waals surface area contributed by atoms with Crippen molar-refractivity contribution in [2.75, 3.05) is 19.6 Å². The Bertz CT molecular complexity index is 337. The van der Waals surface area contributed by atoms with Gasteiger partial charge in [-0.1, -0.05) is 0 Å². The minimum Gasteiger partial charge on any atom is -0.353 e. The summed E-state index contributed by atoms with van der Waals surface area (Å²) in [6.07, 6.45) is 0.631. The summed E-state index contributed by atoms with van der Waals surface area (Å²) in [6.45, 7) is -0.626. The molecule has 0 radical (unpaired) electrons. The number of rotatable bonds is 6. The van der Waals surface area contributed by atoms with Crippen LogP contribution in [0.4, 0.5) is 13.2 Å². The number of hydrogen-bond donors (Lipinski definition) is 2. The van der Waals surface area contributed by atoms with E-state index in [4.69, 9.17) is 0 Å². The molecule has 1 aromatic rings. The van der Waals surface area contributed by atoms with Crippen molar-refractivity contribution in [3.05, 3.63) is 18.7 Å². The van der Waals surface area contributed by atoms with E-state index in [9.17, 15) is 18.0 Å². The van der Waals surface area contributed by atoms with E-state index in [0.717, 1.165) is 0 Å². The first-order chi connectivity index (χ1) is 7.97. The number of carbonyl (C=O) groups is 1. The van der Waals surface area contributed by atoms with Crippen LogP contribution < -0.4 is 10.6 Å². The molecule has 17 heavy (non-hydrogen) atoms. The summed E-state index contributed by atoms with van der Waals surface area (Å²) < 4.78 is 37.0. The van der Waals surface area contributed by atoms with E-state index in [0.29, 0.717) is 13.1 Å². The number of hydrogen-bond acceptors (Lipinski definition) is 3. The lowest BCUT2D eigenvalue weighted by Gasteiger charge is -2.08. The van der Waals surface area contributed by atoms with E-state index in [-0.39, 0.29) is 6.54 Å². The fraction of sp³-hybridized carbons (Fsp3) is 0.556. The molecule has 0 aliphatic carbocycles. The zero-order valence-corrected chi connectivity index (χ0v) is 9.00. The summed E-state index contributed by atoms with van der Waals surface area (Å²) in [5.41, 5.74) is 0. The van der Waals surface area contributed by atoms with E-state index < -0.39 is 18.6 Å². The first-order valence-electron chi connectivity index (χ1n) is 4.97. The summed E-state index contributed by atoms with van der Waals surface area (Å²) in [6, 6.07) is 0. The molecule has 0 unspecified atom stereocenters. The number of amides is 1. The standard InChI is InChI=1S/C9H13F3N4O/c10-9(11,12)6-14-5-8(17)15-2-4-16-3-1-13-7-16/h1,3,7,14H,2,4-6H2,(H,15,17). The van der Waals surface area contributed by atoms with Gasteiger partial charge in [0.05, 0.1) is 19.4 Å². The number of halogens is 3. The molecule has 2 N–H and O–H groups in total. The summed E-state index contributed by atoms with van der Waals surface area (Å²) in [4.78, 5) is 14.9. The molecular formula is C9H13F3N4O. The van der Waals surface area contributed by atoms with E-state index in [2.05, 4.69) is 10.3 Å². The highest BCUT2D eigenvalue weighted by molar-refractivity contribution is 5.77. The molecule has 0 aliphatic rings. The Morgan fingerprint density at radius 1 is 1.41 bits per heavy atom. The van der Waals surface area contributed by atoms with Gasteiger partial charge in [0.2, 0.25) is 5.91 Å². The van der Waals surface area contributed by atoms with Gasteiger partial charge in [-0.3, -0.25) is 4.79 Å². The van der Waals surface area contributed by atoms with Crippen LogP contribution in [0.2, 0.25) is 0 Å². The Hall–Kier alpha value is -1.57. The third-order valence-electron chi connectivity index (χ3n) is 1.86. The zero-order chi connectivity index (χ0) is 12.7. The number of aromatic nitrogens is 2. The van der Waals surface area contributed by atoms with Crippen LogP contribution in [0.15, 0.2) is 18.7 Å². The fourth-order valence-electron chi connectivity index (χ4n) is 1.12. The first kappa shape index (κ1) is 13.5. The first-order valence-corrected chi connectivity index (χ1v) is 4.97. The molecule has 0 fully saturated rings. The SMILES string of the molecule is O=C(CNCC(F)(F)F)NCCn1ccnc1. The van der Waals surface area contributed by atoms with Crippen molar-refractivity contribution in [2.24, 2.45) is 0 Å². The Morgan fingerprint density at radius 2 is 2.18 bits per heavy atom. The van der Waals surface area contributed by atoms with E-state index in [1.807, 2.05) is 5.32 Å². The summed E-state index contributed by atoms with van der Waals surface area (Å²) >= 11 is 0. The molecule has 0 saturated carbocycles. The predicted molar refractivity (Wildman–Crippen MR) is 54.2 cm³/mol. The molecule has 0 aliphatic heterocycles. The molecule has 1 aromatic heterocycles. The normalized spacial score (nSPS) is 11.5. The molecular weight excluding hydrogens is 237 g/mol. The maximum atomic E-state index is 11.7. The van der Waals surface area contributed by atoms with Gasteiger partial charge in [-0.15, -0.1) is 0 Å². The van der Waals surface area contributed by atoms with Crippen molar-refractivity contribution >= 4 is 5.91 Å². The average Bonchev–Trinajstić information content (AvgIpc) is 2.68. The lowest BCUT2D eigenvalue weighted by atomic mass is 10.5. The van der Waals surface area contributed by atoms with Gasteiger partial charge in [0.25, 0.3) is 0 Å². The third-order valence-corrected chi connectivity index (χ3v) is 1.86. The maximum Gasteiger partial charge on any atom is 0.401 e. The third kappa shape index (κ3) is 6.56. The Morgan fingerprint density at radius 3 is 2.76 bits per heavy atom. The van der Waals surface area contributed by atoms with E-state index in [1.165, 1.54) is 0 Å². The number of imidazole rings is 1. The molecule has 1 rings (SSSR count). The van der Waals surface area contributed by atoms with Crippen molar-refractivity contribution in [1.29, 1.82) is 0 Å². The molecule has 0 aromatic carbocycles. The highest BCUT2D eigenvalue weighted by Crippen LogP contribution is 2.11. The van der Waals surface area contributed by atoms with Gasteiger partial charge in [-0.05, 0) is 0 Å². The monoisotopic (exact) mass is 250 g/mol. The van der Waals surface area contributed by atoms with Gasteiger partial charge in [0.1, 0.15) is 0 Å². The second-order valence-electron chi connectivity index (χ2n) is 3.37. The molecule has 1 amide bonds. The lowest BCUT2D eigenvalue weighted by molar-refractivity contribution is -0.128. The molecule has 1 heterocycles. The number of alkyl halides is 3. The number of carbonyl (C=O) groups excluding carboxylic acids is 1. The summed E-state index contributed by atoms with van der Waals surface area (Å²) in [5.74, 6) is -0.464. The van der Waals surface area contributed by atoms with Crippen molar-refractivity contribution in [2.45, 2.75) is 12.7 Å². The molecule has 0 bridgehead atoms. The maximum absolute atomic E-state index is 11.7. The van der Waals surface area contributed by atoms with Crippen LogP contribution in [0.3, 0.4) is 0 Å². The Balaban J connectivity index is 2.05. The highest BCUT2D eigenvalue weighted by Gasteiger charge is 2.26. The van der Waals surface area contributed by atoms with Crippen LogP contribution in [0, 0.1) is 0 Å². The molecule has 5 nitrogen and oxygen atoms in total. The minimum absolute atomic E-state index is 0.344. The van der Waals surface area contributed by atoms with Gasteiger partial charge < -0.3 is 15.2 Å². The summed E-state index contributed by atoms with van der Waals surface area (Å²) in [5, 5.41) is 4.50. The Labute approximate surface area is 96.0 Å². The lowest BCUT2D eigenvalue weighted by Crippen LogP contribution is -2.39. The molecule has 96 valence electrons. The van der Waals surface area contributed by atoms with Crippen LogP contribution >= 0.6 is 0 Å². The van der Waals surface area contributed by atoms with Crippen LogP contribution in [0.1, 0.15) is 0 Å². The van der Waals surface area contributed by atoms with Crippen LogP contribution in [-0.2, 0) is 11.3 Å². The largest absolute Gasteiger partial charge is 0.401 e. The van der Waals surface area contributed by atoms with Gasteiger partial charge in [-0.25, -0.2) is 4.98 Å². The summed E-state index contributed by atoms with van der Waals surface area (Å²) in [7, 11) is 0. The van der Waals surface area contributed by atoms with Gasteiger partial charge in [0.15, 0.2) is 0 Å². The zero-order valence-electron chi connectivity index (χ0n) is 9.00. The van der Waals surface area contributed by atoms with E-state index >= 15 is 0 Å². The van der Waals surface area contributed by atoms with Crippen LogP contribution in [-0.4, -0.2) is 41.3 Å². The predicted octanol–water partition coefficient (Wildman–Crippen LogP) is 0.151. The molecule has 0 saturated heterocycles. The van der Waals surface area contributed by atoms with Gasteiger partial charge in [-0.2, -0.15) is 13.2 Å². The quantitative estimate of drug-likeness (QED) is 0.755. The second kappa shape index (κ2) is 6.24. The van der Waals surface area contributed by atoms with E-state index in [1.54, 1.807) is 23.3 Å². The van der Waals surface area contributed by atoms with Crippen molar-refractivity contribution in [1.82, 2.24) is 20.2 Å². The number of nitrogens with one attached hydrogen (secondary N) is 2. The highest BCUT2D eigenvalue weighted by atomic mass is 19.4. The molecule has 0 atom stereocenters. The fourth-order valence-corrected chi connectivity index (χ4v) is 1.12. The van der Waals surface area contributed by atoms with Crippen molar-refractivity contribution < 1.29 is 18.0 Å². The molecule has 8 heteroatoms. The topological polar surface area (TPSA) is 59.0 Å². The van der Waals surface area contributed by atoms with Crippen molar-refractivity contribution in [3.8, 4) is 0 Å². The van der Waals surface area contributed by atoms with Crippen LogP contribution in [0.25, 0.3) is 0 Å². The van der Waals surface area contributed by atoms with Gasteiger partial charge >= 0.3 is 6.18 Å². The number of nitrogens with zero attached hydrogens (tertiary/aromatic N) is 2. The molecule has 0 spiro atoms. The second-order valence-corrected chi connectivity index (χ2v) is 3.37. The van der Waals surface area contributed by atoms with Gasteiger partial charge in [0, 0.05) is 25.5 Å². The smallest absolute Gasteiger partial charge is 0.353 e.